The van der Waals surface area contributed by atoms with E-state index in [9.17, 15) is 9.59 Å². The molecule has 3 aliphatic heterocycles. The summed E-state index contributed by atoms with van der Waals surface area (Å²) in [7, 11) is 0.191. The lowest BCUT2D eigenvalue weighted by Gasteiger charge is -2.49. The molecule has 10 heteroatoms. The van der Waals surface area contributed by atoms with Crippen molar-refractivity contribution in [1.82, 2.24) is 14.8 Å². The lowest BCUT2D eigenvalue weighted by molar-refractivity contribution is -0.140. The van der Waals surface area contributed by atoms with Gasteiger partial charge in [0.05, 0.1) is 24.3 Å². The molecule has 4 heterocycles. The second-order valence-corrected chi connectivity index (χ2v) is 18.9. The van der Waals surface area contributed by atoms with Crippen LogP contribution in [0.1, 0.15) is 66.9 Å². The standard InChI is InChI=1S/C31H50N4O5Si/c1-11-38-28(36)27-24(16-22-18-35(20-25(27)33(22)8)29(37)39-30(2,3)4)21-12-13-26(32-17-21)34-15-14-23(19-34)40-41(9,10)31(5,6)7/h12-13,17,22-23,25H,11,14-16,18-20H2,1-10H3/t22-,23-,25-/m0/s1. The molecule has 0 aromatic carbocycles. The number of pyridine rings is 1. The number of aromatic nitrogens is 1. The van der Waals surface area contributed by atoms with Gasteiger partial charge in [-0.3, -0.25) is 4.90 Å². The number of nitrogens with zero attached hydrogens (tertiary/aromatic N) is 4. The number of likely N-dealkylation sites (N-methyl/N-ethyl adjacent to an activating group) is 1. The molecule has 3 atom stereocenters. The van der Waals surface area contributed by atoms with Crippen molar-refractivity contribution in [3.63, 3.8) is 0 Å². The zero-order chi connectivity index (χ0) is 30.3. The van der Waals surface area contributed by atoms with Crippen LogP contribution in [0.3, 0.4) is 0 Å². The van der Waals surface area contributed by atoms with Gasteiger partial charge in [-0.15, -0.1) is 0 Å². The highest BCUT2D eigenvalue weighted by Gasteiger charge is 2.45. The van der Waals surface area contributed by atoms with E-state index in [4.69, 9.17) is 18.9 Å². The Morgan fingerprint density at radius 2 is 1.78 bits per heavy atom. The number of anilines is 1. The molecule has 2 saturated heterocycles. The van der Waals surface area contributed by atoms with Crippen molar-refractivity contribution >= 4 is 31.8 Å². The zero-order valence-corrected chi connectivity index (χ0v) is 27.7. The Morgan fingerprint density at radius 1 is 1.07 bits per heavy atom. The van der Waals surface area contributed by atoms with Crippen LogP contribution >= 0.6 is 0 Å². The largest absolute Gasteiger partial charge is 0.463 e. The lowest BCUT2D eigenvalue weighted by Crippen LogP contribution is -2.62. The summed E-state index contributed by atoms with van der Waals surface area (Å²) in [4.78, 5) is 37.4. The Morgan fingerprint density at radius 3 is 2.37 bits per heavy atom. The minimum absolute atomic E-state index is 0.0564. The van der Waals surface area contributed by atoms with Crippen molar-refractivity contribution in [2.24, 2.45) is 0 Å². The van der Waals surface area contributed by atoms with Crippen molar-refractivity contribution in [2.45, 2.75) is 103 Å². The Labute approximate surface area is 247 Å². The van der Waals surface area contributed by atoms with Crippen molar-refractivity contribution in [3.8, 4) is 0 Å². The maximum atomic E-state index is 13.3. The molecule has 1 aromatic heterocycles. The summed E-state index contributed by atoms with van der Waals surface area (Å²) in [5, 5.41) is 0.182. The van der Waals surface area contributed by atoms with Crippen LogP contribution in [0.5, 0.6) is 0 Å². The molecular formula is C31H50N4O5Si. The lowest BCUT2D eigenvalue weighted by atomic mass is 9.82. The monoisotopic (exact) mass is 586 g/mol. The van der Waals surface area contributed by atoms with E-state index in [-0.39, 0.29) is 41.9 Å². The number of carbonyl (C=O) groups is 2. The van der Waals surface area contributed by atoms with Gasteiger partial charge in [-0.1, -0.05) is 20.8 Å². The molecule has 4 rings (SSSR count). The second-order valence-electron chi connectivity index (χ2n) is 14.2. The summed E-state index contributed by atoms with van der Waals surface area (Å²) in [6.45, 7) is 21.8. The predicted molar refractivity (Wildman–Crippen MR) is 164 cm³/mol. The van der Waals surface area contributed by atoms with Crippen LogP contribution in [0.15, 0.2) is 23.9 Å². The van der Waals surface area contributed by atoms with Gasteiger partial charge in [-0.05, 0) is 89.0 Å². The normalized spacial score (nSPS) is 24.1. The van der Waals surface area contributed by atoms with Crippen LogP contribution in [0.25, 0.3) is 5.57 Å². The molecule has 0 spiro atoms. The number of ether oxygens (including phenoxy) is 2. The van der Waals surface area contributed by atoms with Crippen LogP contribution in [-0.2, 0) is 18.7 Å². The molecule has 0 N–H and O–H groups in total. The molecule has 3 aliphatic rings. The van der Waals surface area contributed by atoms with E-state index in [1.165, 1.54) is 0 Å². The van der Waals surface area contributed by atoms with E-state index in [1.54, 1.807) is 4.90 Å². The first kappa shape index (κ1) is 31.5. The van der Waals surface area contributed by atoms with Crippen LogP contribution in [0.4, 0.5) is 10.6 Å². The van der Waals surface area contributed by atoms with Gasteiger partial charge in [0, 0.05) is 38.4 Å². The van der Waals surface area contributed by atoms with E-state index in [0.29, 0.717) is 25.1 Å². The van der Waals surface area contributed by atoms with E-state index in [0.717, 1.165) is 36.5 Å². The van der Waals surface area contributed by atoms with Crippen molar-refractivity contribution < 1.29 is 23.5 Å². The Bertz CT molecular complexity index is 1150. The summed E-state index contributed by atoms with van der Waals surface area (Å²) in [5.74, 6) is 0.593. The van der Waals surface area contributed by atoms with Crippen LogP contribution in [0, 0.1) is 0 Å². The Hall–Kier alpha value is -2.43. The number of hydrogen-bond acceptors (Lipinski definition) is 8. The number of esters is 1. The number of carbonyl (C=O) groups excluding carboxylic acids is 2. The van der Waals surface area contributed by atoms with Crippen molar-refractivity contribution in [1.29, 1.82) is 0 Å². The molecule has 0 saturated carbocycles. The van der Waals surface area contributed by atoms with Crippen molar-refractivity contribution in [2.75, 3.05) is 44.7 Å². The van der Waals surface area contributed by atoms with E-state index in [1.807, 2.05) is 40.9 Å². The molecule has 0 unspecified atom stereocenters. The van der Waals surface area contributed by atoms with Crippen LogP contribution in [-0.4, -0.2) is 98.8 Å². The fraction of sp³-hybridized carbons (Fsp3) is 0.710. The topological polar surface area (TPSA) is 84.4 Å². The van der Waals surface area contributed by atoms with Crippen LogP contribution in [0.2, 0.25) is 18.1 Å². The Kier molecular flexibility index (Phi) is 8.98. The number of hydrogen-bond donors (Lipinski definition) is 0. The molecule has 1 aromatic rings. The fourth-order valence-electron chi connectivity index (χ4n) is 5.69. The summed E-state index contributed by atoms with van der Waals surface area (Å²) >= 11 is 0. The van der Waals surface area contributed by atoms with Gasteiger partial charge in [0.15, 0.2) is 8.32 Å². The van der Waals surface area contributed by atoms with Gasteiger partial charge < -0.3 is 23.7 Å². The number of rotatable bonds is 6. The third kappa shape index (κ3) is 6.97. The highest BCUT2D eigenvalue weighted by Crippen LogP contribution is 2.40. The van der Waals surface area contributed by atoms with Gasteiger partial charge in [0.25, 0.3) is 0 Å². The SMILES string of the molecule is CCOC(=O)C1=C(c2ccc(N3CC[C@H](O[Si](C)(C)C(C)(C)C)C3)nc2)C[C@H]2CN(C(=O)OC(C)(C)C)C[C@@H]1N2C. The third-order valence-corrected chi connectivity index (χ3v) is 13.5. The third-order valence-electron chi connectivity index (χ3n) is 8.97. The molecule has 0 aliphatic carbocycles. The molecule has 9 nitrogen and oxygen atoms in total. The zero-order valence-electron chi connectivity index (χ0n) is 26.7. The summed E-state index contributed by atoms with van der Waals surface area (Å²) in [6, 6.07) is 3.91. The molecular weight excluding hydrogens is 536 g/mol. The van der Waals surface area contributed by atoms with Crippen molar-refractivity contribution in [3.05, 3.63) is 29.5 Å². The minimum Gasteiger partial charge on any atom is -0.463 e. The summed E-state index contributed by atoms with van der Waals surface area (Å²) < 4.78 is 17.9. The van der Waals surface area contributed by atoms with Gasteiger partial charge in [-0.2, -0.15) is 0 Å². The molecule has 41 heavy (non-hydrogen) atoms. The first-order valence-corrected chi connectivity index (χ1v) is 17.9. The first-order chi connectivity index (χ1) is 19.0. The number of amides is 1. The van der Waals surface area contributed by atoms with Gasteiger partial charge in [0.1, 0.15) is 11.4 Å². The molecule has 2 bridgehead atoms. The maximum Gasteiger partial charge on any atom is 0.410 e. The first-order valence-electron chi connectivity index (χ1n) is 15.0. The molecule has 1 amide bonds. The average molecular weight is 587 g/mol. The van der Waals surface area contributed by atoms with E-state index >= 15 is 0 Å². The highest BCUT2D eigenvalue weighted by atomic mass is 28.4. The fourth-order valence-corrected chi connectivity index (χ4v) is 7.07. The van der Waals surface area contributed by atoms with Crippen LogP contribution < -0.4 is 4.90 Å². The molecule has 228 valence electrons. The number of fused-ring (bicyclic) bond motifs is 2. The van der Waals surface area contributed by atoms with Gasteiger partial charge >= 0.3 is 12.1 Å². The highest BCUT2D eigenvalue weighted by molar-refractivity contribution is 6.74. The molecule has 0 radical (unpaired) electrons. The molecule has 2 fully saturated rings. The summed E-state index contributed by atoms with van der Waals surface area (Å²) in [6.07, 6.45) is 3.38. The quantitative estimate of drug-likeness (QED) is 0.327. The van der Waals surface area contributed by atoms with Gasteiger partial charge in [-0.25, -0.2) is 14.6 Å². The smallest absolute Gasteiger partial charge is 0.410 e. The van der Waals surface area contributed by atoms with E-state index < -0.39 is 13.9 Å². The van der Waals surface area contributed by atoms with Gasteiger partial charge in [0.2, 0.25) is 0 Å². The van der Waals surface area contributed by atoms with E-state index in [2.05, 4.69) is 55.8 Å². The second kappa shape index (κ2) is 11.7. The predicted octanol–water partition coefficient (Wildman–Crippen LogP) is 5.32. The Balaban J connectivity index is 1.56. The summed E-state index contributed by atoms with van der Waals surface area (Å²) in [5.41, 5.74) is 1.91. The number of piperazine rings is 1. The minimum atomic E-state index is -1.83. The average Bonchev–Trinajstić information content (AvgIpc) is 3.30. The maximum absolute atomic E-state index is 13.3.